The highest BCUT2D eigenvalue weighted by Crippen LogP contribution is 2.32. The molecule has 0 radical (unpaired) electrons. The lowest BCUT2D eigenvalue weighted by Crippen LogP contribution is -2.39. The molecule has 0 aliphatic heterocycles. The maximum Gasteiger partial charge on any atom is 0.416 e. The number of anilines is 1. The predicted octanol–water partition coefficient (Wildman–Crippen LogP) is 9.03. The fourth-order valence-corrected chi connectivity index (χ4v) is 6.39. The van der Waals surface area contributed by atoms with Crippen LogP contribution in [0.4, 0.5) is 45.2 Å². The number of carboxylic acid groups (broad SMARTS) is 1. The number of benzene rings is 5. The summed E-state index contributed by atoms with van der Waals surface area (Å²) >= 11 is 6.57. The number of aromatic nitrogens is 4. The molecule has 0 unspecified atom stereocenters. The average Bonchev–Trinajstić information content (AvgIpc) is 3.20. The summed E-state index contributed by atoms with van der Waals surface area (Å²) in [4.78, 5) is 62.5. The minimum atomic E-state index is -4.56. The highest BCUT2D eigenvalue weighted by molar-refractivity contribution is 9.10. The van der Waals surface area contributed by atoms with Crippen LogP contribution < -0.4 is 28.2 Å². The molecule has 0 aliphatic rings. The molecule has 0 spiro atoms. The molecule has 7 aromatic rings. The second-order valence-electron chi connectivity index (χ2n) is 13.4. The first kappa shape index (κ1) is 47.6. The van der Waals surface area contributed by atoms with Crippen LogP contribution in [-0.4, -0.2) is 29.8 Å². The molecule has 0 aliphatic carbocycles. The molecule has 0 fully saturated rings. The molecule has 2 aromatic heterocycles. The average molecular weight is 1020 g/mol. The largest absolute Gasteiger partial charge is 0.478 e. The molecule has 330 valence electrons. The van der Waals surface area contributed by atoms with Gasteiger partial charge in [-0.3, -0.25) is 23.3 Å². The summed E-state index contributed by atoms with van der Waals surface area (Å²) in [6.45, 7) is -0.0569. The molecule has 0 bridgehead atoms. The number of aromatic carboxylic acids is 1. The van der Waals surface area contributed by atoms with Gasteiger partial charge in [-0.25, -0.2) is 14.4 Å². The summed E-state index contributed by atoms with van der Waals surface area (Å²) in [5, 5.41) is 8.18. The van der Waals surface area contributed by atoms with E-state index in [1.807, 2.05) is 0 Å². The molecule has 5 aromatic carbocycles. The van der Waals surface area contributed by atoms with E-state index in [0.717, 1.165) is 66.6 Å². The molecular formula is C41H28Br2F9N5O6. The van der Waals surface area contributed by atoms with Gasteiger partial charge in [0.15, 0.2) is 0 Å². The number of nitrogens with zero attached hydrogens (tertiary/aromatic N) is 3. The molecule has 0 amide bonds. The number of nitrogen functional groups attached to an aromatic ring is 1. The van der Waals surface area contributed by atoms with E-state index in [9.17, 15) is 63.5 Å². The van der Waals surface area contributed by atoms with Gasteiger partial charge in [0.2, 0.25) is 0 Å². The number of hydrogen-bond acceptors (Lipinski definition) is 6. The third kappa shape index (κ3) is 11.3. The van der Waals surface area contributed by atoms with Crippen molar-refractivity contribution in [1.82, 2.24) is 18.7 Å². The number of nitrogens with two attached hydrogens (primary N) is 1. The Balaban J connectivity index is 0.000000186. The number of carbonyl (C=O) groups is 1. The number of fused-ring (bicyclic) bond motifs is 2. The van der Waals surface area contributed by atoms with E-state index < -0.39 is 69.3 Å². The van der Waals surface area contributed by atoms with E-state index in [1.54, 1.807) is 48.5 Å². The highest BCUT2D eigenvalue weighted by atomic mass is 79.9. The number of halogens is 11. The van der Waals surface area contributed by atoms with Gasteiger partial charge in [-0.2, -0.15) is 39.5 Å². The monoisotopic (exact) mass is 1020 g/mol. The molecule has 0 saturated carbocycles. The van der Waals surface area contributed by atoms with Crippen molar-refractivity contribution >= 4 is 65.3 Å². The molecule has 4 N–H and O–H groups in total. The SMILES string of the molecule is Cn1c(=O)n(Cc2ccc(Br)cc2)c(=O)c2cc(C(F)(F)F)ccc21.Nc1ccc(C(F)(F)F)cc1C(=O)O.O=c1[nH]c2ccc(C(F)(F)F)cc2c(=O)n1Cc1ccc(Br)cc1. The molecule has 22 heteroatoms. The predicted molar refractivity (Wildman–Crippen MR) is 222 cm³/mol. The molecule has 7 rings (SSSR count). The van der Waals surface area contributed by atoms with E-state index in [2.05, 4.69) is 36.8 Å². The van der Waals surface area contributed by atoms with E-state index >= 15 is 0 Å². The molecule has 11 nitrogen and oxygen atoms in total. The zero-order valence-electron chi connectivity index (χ0n) is 31.8. The van der Waals surface area contributed by atoms with Gasteiger partial charge in [-0.15, -0.1) is 0 Å². The molecule has 0 saturated heterocycles. The van der Waals surface area contributed by atoms with Gasteiger partial charge in [-0.1, -0.05) is 56.1 Å². The molecule has 63 heavy (non-hydrogen) atoms. The van der Waals surface area contributed by atoms with E-state index in [1.165, 1.54) is 11.6 Å². The molecule has 2 heterocycles. The fraction of sp³-hybridized carbons (Fsp3) is 0.146. The van der Waals surface area contributed by atoms with Crippen LogP contribution in [0.5, 0.6) is 0 Å². The van der Waals surface area contributed by atoms with Crippen LogP contribution in [0.3, 0.4) is 0 Å². The summed E-state index contributed by atoms with van der Waals surface area (Å²) in [6, 6.07) is 21.5. The highest BCUT2D eigenvalue weighted by Gasteiger charge is 2.33. The van der Waals surface area contributed by atoms with Gasteiger partial charge in [0, 0.05) is 21.7 Å². The first-order valence-electron chi connectivity index (χ1n) is 17.6. The number of nitrogens with one attached hydrogen (secondary N) is 1. The van der Waals surface area contributed by atoms with Crippen molar-refractivity contribution in [3.8, 4) is 0 Å². The van der Waals surface area contributed by atoms with Crippen LogP contribution in [0.1, 0.15) is 38.2 Å². The van der Waals surface area contributed by atoms with Crippen molar-refractivity contribution in [2.75, 3.05) is 5.73 Å². The first-order chi connectivity index (χ1) is 29.3. The zero-order chi connectivity index (χ0) is 46.8. The van der Waals surface area contributed by atoms with E-state index in [-0.39, 0.29) is 40.6 Å². The summed E-state index contributed by atoms with van der Waals surface area (Å²) in [5.41, 5.74) is 0.413. The van der Waals surface area contributed by atoms with Crippen molar-refractivity contribution in [2.45, 2.75) is 31.6 Å². The number of H-pyrrole nitrogens is 1. The minimum absolute atomic E-state index is 0.0228. The van der Waals surface area contributed by atoms with Crippen LogP contribution in [0, 0.1) is 0 Å². The van der Waals surface area contributed by atoms with Gasteiger partial charge in [-0.05, 0) is 90.0 Å². The standard InChI is InChI=1S/C17H12BrF3N2O2.C16H10BrF3N2O2.C8H6F3NO2/c1-22-14-7-4-11(17(19,20)21)8-13(14)15(24)23(16(22)25)9-10-2-5-12(18)6-3-10;17-11-4-1-9(2-5-11)8-22-14(23)12-7-10(16(18,19)20)3-6-13(12)21-15(22)24;9-8(10,11)4-1-2-6(12)5(3-4)7(13)14/h2-8H,9H2,1H3;1-7H,8H2,(H,21,24);1-3H,12H2,(H,13,14). The Morgan fingerprint density at radius 3 is 1.54 bits per heavy atom. The minimum Gasteiger partial charge on any atom is -0.478 e. The van der Waals surface area contributed by atoms with Crippen molar-refractivity contribution in [3.05, 3.63) is 187 Å². The van der Waals surface area contributed by atoms with Gasteiger partial charge >= 0.3 is 35.9 Å². The third-order valence-corrected chi connectivity index (χ3v) is 10.2. The van der Waals surface area contributed by atoms with Gasteiger partial charge in [0.05, 0.1) is 57.1 Å². The first-order valence-corrected chi connectivity index (χ1v) is 19.2. The van der Waals surface area contributed by atoms with Gasteiger partial charge in [0.1, 0.15) is 0 Å². The number of aromatic amines is 1. The van der Waals surface area contributed by atoms with E-state index in [4.69, 9.17) is 10.8 Å². The van der Waals surface area contributed by atoms with Gasteiger partial charge < -0.3 is 15.8 Å². The van der Waals surface area contributed by atoms with Crippen molar-refractivity contribution in [2.24, 2.45) is 7.05 Å². The van der Waals surface area contributed by atoms with Crippen molar-refractivity contribution in [3.63, 3.8) is 0 Å². The summed E-state index contributed by atoms with van der Waals surface area (Å²) < 4.78 is 118. The molecular weight excluding hydrogens is 989 g/mol. The number of rotatable bonds is 5. The van der Waals surface area contributed by atoms with Crippen molar-refractivity contribution < 1.29 is 49.4 Å². The maximum absolute atomic E-state index is 12.9. The Hall–Kier alpha value is -6.42. The lowest BCUT2D eigenvalue weighted by Gasteiger charge is -2.13. The number of alkyl halides is 9. The normalized spacial score (nSPS) is 11.7. The summed E-state index contributed by atoms with van der Waals surface area (Å²) in [5.74, 6) is -1.48. The zero-order valence-corrected chi connectivity index (χ0v) is 35.0. The Bertz CT molecular complexity index is 3090. The summed E-state index contributed by atoms with van der Waals surface area (Å²) in [6.07, 6.45) is -13.7. The number of carboxylic acids is 1. The van der Waals surface area contributed by atoms with Crippen LogP contribution in [0.15, 0.2) is 131 Å². The number of aryl methyl sites for hydroxylation is 1. The van der Waals surface area contributed by atoms with E-state index in [0.29, 0.717) is 17.2 Å². The van der Waals surface area contributed by atoms with Crippen molar-refractivity contribution in [1.29, 1.82) is 0 Å². The topological polar surface area (TPSA) is 162 Å². The number of hydrogen-bond donors (Lipinski definition) is 3. The second-order valence-corrected chi connectivity index (χ2v) is 15.2. The second kappa shape index (κ2) is 18.5. The van der Waals surface area contributed by atoms with Crippen LogP contribution in [0.2, 0.25) is 0 Å². The maximum atomic E-state index is 12.9. The third-order valence-electron chi connectivity index (χ3n) is 9.11. The Morgan fingerprint density at radius 1 is 0.619 bits per heavy atom. The Morgan fingerprint density at radius 2 is 1.05 bits per heavy atom. The fourth-order valence-electron chi connectivity index (χ4n) is 5.86. The summed E-state index contributed by atoms with van der Waals surface area (Å²) in [7, 11) is 1.43. The Kier molecular flexibility index (Phi) is 14.0. The van der Waals surface area contributed by atoms with Crippen LogP contribution in [0.25, 0.3) is 21.8 Å². The van der Waals surface area contributed by atoms with Crippen LogP contribution in [-0.2, 0) is 38.7 Å². The Labute approximate surface area is 363 Å². The lowest BCUT2D eigenvalue weighted by atomic mass is 10.1. The lowest BCUT2D eigenvalue weighted by molar-refractivity contribution is -0.138. The van der Waals surface area contributed by atoms with Gasteiger partial charge in [0.25, 0.3) is 11.1 Å². The van der Waals surface area contributed by atoms with Crippen LogP contribution >= 0.6 is 31.9 Å². The smallest absolute Gasteiger partial charge is 0.416 e. The quantitative estimate of drug-likeness (QED) is 0.115. The molecule has 0 atom stereocenters.